The third-order valence-electron chi connectivity index (χ3n) is 3.60. The number of alkyl halides is 1. The SMILES string of the molecule is Cc1ccc(C(Cl)Cc2ccc3ccccc3n2)cc1Cl. The molecule has 0 N–H and O–H groups in total. The van der Waals surface area contributed by atoms with Gasteiger partial charge < -0.3 is 0 Å². The van der Waals surface area contributed by atoms with Crippen molar-refractivity contribution in [2.24, 2.45) is 0 Å². The minimum Gasteiger partial charge on any atom is -0.253 e. The second kappa shape index (κ2) is 6.05. The molecule has 106 valence electrons. The molecule has 0 bridgehead atoms. The van der Waals surface area contributed by atoms with Crippen LogP contribution in [-0.4, -0.2) is 4.98 Å². The maximum absolute atomic E-state index is 6.52. The highest BCUT2D eigenvalue weighted by Gasteiger charge is 2.11. The van der Waals surface area contributed by atoms with Crippen molar-refractivity contribution in [3.05, 3.63) is 76.4 Å². The number of nitrogens with zero attached hydrogens (tertiary/aromatic N) is 1. The molecule has 3 rings (SSSR count). The summed E-state index contributed by atoms with van der Waals surface area (Å²) in [5, 5.41) is 1.77. The topological polar surface area (TPSA) is 12.9 Å². The molecule has 1 atom stereocenters. The standard InChI is InChI=1S/C18H15Cl2N/c1-12-6-7-14(10-16(12)19)17(20)11-15-9-8-13-4-2-3-5-18(13)21-15/h2-10,17H,11H2,1H3. The Hall–Kier alpha value is -1.57. The molecule has 0 saturated heterocycles. The quantitative estimate of drug-likeness (QED) is 0.563. The summed E-state index contributed by atoms with van der Waals surface area (Å²) in [7, 11) is 0. The molecule has 1 nitrogen and oxygen atoms in total. The Bertz CT molecular complexity index is 783. The maximum Gasteiger partial charge on any atom is 0.0705 e. The largest absolute Gasteiger partial charge is 0.253 e. The normalized spacial score (nSPS) is 12.5. The lowest BCUT2D eigenvalue weighted by Gasteiger charge is -2.11. The number of hydrogen-bond donors (Lipinski definition) is 0. The number of aromatic nitrogens is 1. The van der Waals surface area contributed by atoms with E-state index in [1.807, 2.05) is 49.4 Å². The second-order valence-corrected chi connectivity index (χ2v) is 6.11. The first-order valence-corrected chi connectivity index (χ1v) is 7.70. The Morgan fingerprint density at radius 2 is 1.86 bits per heavy atom. The van der Waals surface area contributed by atoms with Crippen LogP contribution in [0.1, 0.15) is 22.2 Å². The lowest BCUT2D eigenvalue weighted by Crippen LogP contribution is -1.99. The number of para-hydroxylation sites is 1. The van der Waals surface area contributed by atoms with Crippen LogP contribution in [0.25, 0.3) is 10.9 Å². The maximum atomic E-state index is 6.52. The molecule has 0 saturated carbocycles. The molecular formula is C18H15Cl2N. The van der Waals surface area contributed by atoms with Crippen molar-refractivity contribution in [3.8, 4) is 0 Å². The highest BCUT2D eigenvalue weighted by atomic mass is 35.5. The van der Waals surface area contributed by atoms with E-state index in [4.69, 9.17) is 23.2 Å². The van der Waals surface area contributed by atoms with Gasteiger partial charge >= 0.3 is 0 Å². The number of hydrogen-bond acceptors (Lipinski definition) is 1. The molecule has 0 aliphatic rings. The molecule has 0 radical (unpaired) electrons. The first-order valence-electron chi connectivity index (χ1n) is 6.88. The Morgan fingerprint density at radius 1 is 1.05 bits per heavy atom. The fourth-order valence-electron chi connectivity index (χ4n) is 2.33. The van der Waals surface area contributed by atoms with Gasteiger partial charge in [0.15, 0.2) is 0 Å². The third-order valence-corrected chi connectivity index (χ3v) is 4.42. The van der Waals surface area contributed by atoms with Gasteiger partial charge in [-0.05, 0) is 36.2 Å². The van der Waals surface area contributed by atoms with Crippen LogP contribution in [0, 0.1) is 6.92 Å². The van der Waals surface area contributed by atoms with Crippen LogP contribution in [0.4, 0.5) is 0 Å². The average Bonchev–Trinajstić information content (AvgIpc) is 2.50. The van der Waals surface area contributed by atoms with Crippen LogP contribution in [-0.2, 0) is 6.42 Å². The van der Waals surface area contributed by atoms with Gasteiger partial charge in [0.1, 0.15) is 0 Å². The molecule has 0 fully saturated rings. The van der Waals surface area contributed by atoms with Crippen molar-refractivity contribution in [2.75, 3.05) is 0 Å². The van der Waals surface area contributed by atoms with E-state index in [2.05, 4.69) is 17.1 Å². The zero-order chi connectivity index (χ0) is 14.8. The van der Waals surface area contributed by atoms with Crippen LogP contribution < -0.4 is 0 Å². The Morgan fingerprint density at radius 3 is 2.67 bits per heavy atom. The number of aryl methyl sites for hydroxylation is 1. The highest BCUT2D eigenvalue weighted by Crippen LogP contribution is 2.28. The molecule has 1 heterocycles. The average molecular weight is 316 g/mol. The zero-order valence-corrected chi connectivity index (χ0v) is 13.2. The lowest BCUT2D eigenvalue weighted by molar-refractivity contribution is 0.887. The number of pyridine rings is 1. The van der Waals surface area contributed by atoms with Gasteiger partial charge in [-0.15, -0.1) is 11.6 Å². The Labute approximate surface area is 134 Å². The van der Waals surface area contributed by atoms with Crippen molar-refractivity contribution in [1.82, 2.24) is 4.98 Å². The molecule has 3 aromatic rings. The van der Waals surface area contributed by atoms with Gasteiger partial charge in [-0.3, -0.25) is 4.98 Å². The summed E-state index contributed by atoms with van der Waals surface area (Å²) in [4.78, 5) is 4.66. The van der Waals surface area contributed by atoms with Crippen LogP contribution in [0.5, 0.6) is 0 Å². The van der Waals surface area contributed by atoms with E-state index in [1.165, 1.54) is 0 Å². The van der Waals surface area contributed by atoms with Gasteiger partial charge in [0, 0.05) is 22.5 Å². The van der Waals surface area contributed by atoms with E-state index >= 15 is 0 Å². The fourth-order valence-corrected chi connectivity index (χ4v) is 2.81. The number of benzene rings is 2. The third kappa shape index (κ3) is 3.20. The smallest absolute Gasteiger partial charge is 0.0705 e. The minimum absolute atomic E-state index is 0.128. The van der Waals surface area contributed by atoms with Crippen molar-refractivity contribution < 1.29 is 0 Å². The van der Waals surface area contributed by atoms with Gasteiger partial charge in [0.25, 0.3) is 0 Å². The van der Waals surface area contributed by atoms with Crippen LogP contribution >= 0.6 is 23.2 Å². The number of halogens is 2. The Balaban J connectivity index is 1.85. The minimum atomic E-state index is -0.128. The number of fused-ring (bicyclic) bond motifs is 1. The van der Waals surface area contributed by atoms with Gasteiger partial charge in [0.2, 0.25) is 0 Å². The summed E-state index contributed by atoms with van der Waals surface area (Å²) in [6.45, 7) is 1.99. The predicted octanol–water partition coefficient (Wildman–Crippen LogP) is 5.72. The molecule has 0 amide bonds. The molecule has 0 aliphatic carbocycles. The monoisotopic (exact) mass is 315 g/mol. The molecular weight excluding hydrogens is 301 g/mol. The molecule has 0 spiro atoms. The van der Waals surface area contributed by atoms with Crippen LogP contribution in [0.15, 0.2) is 54.6 Å². The van der Waals surface area contributed by atoms with E-state index < -0.39 is 0 Å². The van der Waals surface area contributed by atoms with Crippen LogP contribution in [0.2, 0.25) is 5.02 Å². The number of rotatable bonds is 3. The summed E-state index contributed by atoms with van der Waals surface area (Å²) in [5.74, 6) is 0. The molecule has 0 aliphatic heterocycles. The molecule has 1 unspecified atom stereocenters. The van der Waals surface area contributed by atoms with Gasteiger partial charge in [-0.25, -0.2) is 0 Å². The summed E-state index contributed by atoms with van der Waals surface area (Å²) < 4.78 is 0. The fraction of sp³-hybridized carbons (Fsp3) is 0.167. The van der Waals surface area contributed by atoms with Crippen LogP contribution in [0.3, 0.4) is 0 Å². The van der Waals surface area contributed by atoms with Crippen molar-refractivity contribution >= 4 is 34.1 Å². The van der Waals surface area contributed by atoms with E-state index in [0.29, 0.717) is 6.42 Å². The summed E-state index contributed by atoms with van der Waals surface area (Å²) in [5.41, 5.74) is 4.08. The lowest BCUT2D eigenvalue weighted by atomic mass is 10.0. The van der Waals surface area contributed by atoms with Crippen molar-refractivity contribution in [2.45, 2.75) is 18.7 Å². The summed E-state index contributed by atoms with van der Waals surface area (Å²) in [6, 6.07) is 18.2. The van der Waals surface area contributed by atoms with Gasteiger partial charge in [0.05, 0.1) is 10.9 Å². The molecule has 1 aromatic heterocycles. The highest BCUT2D eigenvalue weighted by molar-refractivity contribution is 6.31. The van der Waals surface area contributed by atoms with Gasteiger partial charge in [-0.1, -0.05) is 48.0 Å². The second-order valence-electron chi connectivity index (χ2n) is 5.18. The van der Waals surface area contributed by atoms with Crippen molar-refractivity contribution in [1.29, 1.82) is 0 Å². The Kier molecular flexibility index (Phi) is 4.14. The molecule has 2 aromatic carbocycles. The first-order chi connectivity index (χ1) is 10.1. The first kappa shape index (κ1) is 14.4. The predicted molar refractivity (Wildman–Crippen MR) is 90.2 cm³/mol. The van der Waals surface area contributed by atoms with Crippen molar-refractivity contribution in [3.63, 3.8) is 0 Å². The van der Waals surface area contributed by atoms with Gasteiger partial charge in [-0.2, -0.15) is 0 Å². The summed E-state index contributed by atoms with van der Waals surface area (Å²) in [6.07, 6.45) is 0.686. The van der Waals surface area contributed by atoms with E-state index in [9.17, 15) is 0 Å². The zero-order valence-electron chi connectivity index (χ0n) is 11.7. The van der Waals surface area contributed by atoms with E-state index in [1.54, 1.807) is 0 Å². The summed E-state index contributed by atoms with van der Waals surface area (Å²) >= 11 is 12.7. The van der Waals surface area contributed by atoms with E-state index in [-0.39, 0.29) is 5.38 Å². The molecule has 21 heavy (non-hydrogen) atoms. The molecule has 3 heteroatoms. The van der Waals surface area contributed by atoms with E-state index in [0.717, 1.165) is 32.7 Å².